The number of nitrogens with zero attached hydrogens (tertiary/aromatic N) is 1. The zero-order valence-corrected chi connectivity index (χ0v) is 11.1. The summed E-state index contributed by atoms with van der Waals surface area (Å²) in [7, 11) is 0. The van der Waals surface area contributed by atoms with Crippen molar-refractivity contribution in [1.82, 2.24) is 0 Å². The molecule has 4 fully saturated rings. The van der Waals surface area contributed by atoms with Crippen molar-refractivity contribution in [3.63, 3.8) is 0 Å². The first-order valence-corrected chi connectivity index (χ1v) is 7.24. The van der Waals surface area contributed by atoms with E-state index >= 15 is 0 Å². The number of allylic oxidation sites excluding steroid dienone is 2. The summed E-state index contributed by atoms with van der Waals surface area (Å²) in [6.07, 6.45) is 10.5. The van der Waals surface area contributed by atoms with E-state index in [2.05, 4.69) is 26.0 Å². The normalized spacial score (nSPS) is 44.1. The molecule has 92 valence electrons. The average molecular weight is 229 g/mol. The molecule has 0 aromatic heterocycles. The fourth-order valence-electron chi connectivity index (χ4n) is 5.11. The predicted octanol–water partition coefficient (Wildman–Crippen LogP) is 4.31. The van der Waals surface area contributed by atoms with Crippen LogP contribution < -0.4 is 0 Å². The van der Waals surface area contributed by atoms with Crippen molar-refractivity contribution in [2.75, 3.05) is 0 Å². The standard InChI is InChI=1S/C16H23N/c1-11(2)3-15(10-17)16-7-12-4-13(8-16)6-14(5-12)9-16/h3,11-14H,4-9H2,1-2H3/b15-3+. The van der Waals surface area contributed by atoms with Gasteiger partial charge in [0.2, 0.25) is 0 Å². The SMILES string of the molecule is CC(C)/C=C(\C#N)C12CC3CC(CC(C3)C1)C2. The second-order valence-corrected chi connectivity index (χ2v) is 7.13. The van der Waals surface area contributed by atoms with Gasteiger partial charge in [-0.2, -0.15) is 5.26 Å². The molecule has 4 saturated carbocycles. The quantitative estimate of drug-likeness (QED) is 0.647. The molecule has 4 aliphatic carbocycles. The summed E-state index contributed by atoms with van der Waals surface area (Å²) < 4.78 is 0. The third-order valence-electron chi connectivity index (χ3n) is 5.23. The molecular weight excluding hydrogens is 206 g/mol. The monoisotopic (exact) mass is 229 g/mol. The van der Waals surface area contributed by atoms with Crippen molar-refractivity contribution < 1.29 is 0 Å². The van der Waals surface area contributed by atoms with Crippen LogP contribution in [0.4, 0.5) is 0 Å². The van der Waals surface area contributed by atoms with Gasteiger partial charge in [0, 0.05) is 11.0 Å². The van der Waals surface area contributed by atoms with Crippen molar-refractivity contribution in [1.29, 1.82) is 5.26 Å². The number of rotatable bonds is 2. The Morgan fingerprint density at radius 2 is 1.59 bits per heavy atom. The molecular formula is C16H23N. The van der Waals surface area contributed by atoms with Crippen LogP contribution in [0, 0.1) is 40.4 Å². The molecule has 0 unspecified atom stereocenters. The maximum atomic E-state index is 9.52. The van der Waals surface area contributed by atoms with E-state index in [0.717, 1.165) is 23.3 Å². The molecule has 0 atom stereocenters. The molecule has 0 spiro atoms. The Labute approximate surface area is 105 Å². The van der Waals surface area contributed by atoms with E-state index in [1.807, 2.05) is 0 Å². The van der Waals surface area contributed by atoms with Gasteiger partial charge in [-0.1, -0.05) is 19.9 Å². The van der Waals surface area contributed by atoms with Crippen molar-refractivity contribution in [2.45, 2.75) is 52.4 Å². The molecule has 4 rings (SSSR count). The van der Waals surface area contributed by atoms with Gasteiger partial charge in [0.1, 0.15) is 0 Å². The highest BCUT2D eigenvalue weighted by Crippen LogP contribution is 2.62. The molecule has 0 radical (unpaired) electrons. The lowest BCUT2D eigenvalue weighted by atomic mass is 9.48. The molecule has 0 N–H and O–H groups in total. The lowest BCUT2D eigenvalue weighted by molar-refractivity contribution is -0.0283. The highest BCUT2D eigenvalue weighted by atomic mass is 14.6. The summed E-state index contributed by atoms with van der Waals surface area (Å²) in [5.41, 5.74) is 1.43. The van der Waals surface area contributed by atoms with Gasteiger partial charge in [0.25, 0.3) is 0 Å². The maximum Gasteiger partial charge on any atom is 0.0949 e. The maximum absolute atomic E-state index is 9.52. The van der Waals surface area contributed by atoms with E-state index in [0.29, 0.717) is 11.3 Å². The first kappa shape index (κ1) is 11.3. The highest BCUT2D eigenvalue weighted by molar-refractivity contribution is 5.32. The van der Waals surface area contributed by atoms with E-state index in [1.54, 1.807) is 0 Å². The molecule has 0 saturated heterocycles. The molecule has 1 nitrogen and oxygen atoms in total. The van der Waals surface area contributed by atoms with Crippen molar-refractivity contribution in [2.24, 2.45) is 29.1 Å². The van der Waals surface area contributed by atoms with Crippen molar-refractivity contribution in [3.8, 4) is 6.07 Å². The Balaban J connectivity index is 1.93. The summed E-state index contributed by atoms with van der Waals surface area (Å²) in [4.78, 5) is 0. The van der Waals surface area contributed by atoms with Gasteiger partial charge in [0.15, 0.2) is 0 Å². The summed E-state index contributed by atoms with van der Waals surface area (Å²) in [5.74, 6) is 3.32. The van der Waals surface area contributed by atoms with E-state index in [1.165, 1.54) is 38.5 Å². The topological polar surface area (TPSA) is 23.8 Å². The number of nitriles is 1. The molecule has 0 aliphatic heterocycles. The highest BCUT2D eigenvalue weighted by Gasteiger charge is 2.52. The van der Waals surface area contributed by atoms with Gasteiger partial charge in [0.05, 0.1) is 6.07 Å². The van der Waals surface area contributed by atoms with Crippen LogP contribution >= 0.6 is 0 Å². The van der Waals surface area contributed by atoms with Gasteiger partial charge in [-0.05, 0) is 62.2 Å². The van der Waals surface area contributed by atoms with Gasteiger partial charge in [-0.3, -0.25) is 0 Å². The lowest BCUT2D eigenvalue weighted by Crippen LogP contribution is -2.46. The zero-order chi connectivity index (χ0) is 12.0. The van der Waals surface area contributed by atoms with Crippen LogP contribution in [-0.4, -0.2) is 0 Å². The second kappa shape index (κ2) is 3.87. The first-order valence-electron chi connectivity index (χ1n) is 7.24. The smallest absolute Gasteiger partial charge is 0.0949 e. The Bertz CT molecular complexity index is 348. The fourth-order valence-corrected chi connectivity index (χ4v) is 5.11. The second-order valence-electron chi connectivity index (χ2n) is 7.13. The van der Waals surface area contributed by atoms with Crippen LogP contribution in [0.15, 0.2) is 11.6 Å². The van der Waals surface area contributed by atoms with E-state index in [-0.39, 0.29) is 0 Å². The Morgan fingerprint density at radius 1 is 1.12 bits per heavy atom. The third kappa shape index (κ3) is 1.82. The predicted molar refractivity (Wildman–Crippen MR) is 69.1 cm³/mol. The molecule has 0 heterocycles. The lowest BCUT2D eigenvalue weighted by Gasteiger charge is -2.56. The minimum Gasteiger partial charge on any atom is -0.193 e. The zero-order valence-electron chi connectivity index (χ0n) is 11.1. The average Bonchev–Trinajstić information content (AvgIpc) is 2.23. The van der Waals surface area contributed by atoms with E-state index < -0.39 is 0 Å². The van der Waals surface area contributed by atoms with E-state index in [4.69, 9.17) is 0 Å². The summed E-state index contributed by atoms with van der Waals surface area (Å²) in [6, 6.07) is 2.55. The molecule has 0 aromatic rings. The summed E-state index contributed by atoms with van der Waals surface area (Å²) in [6.45, 7) is 4.38. The fraction of sp³-hybridized carbons (Fsp3) is 0.812. The van der Waals surface area contributed by atoms with Crippen molar-refractivity contribution in [3.05, 3.63) is 11.6 Å². The van der Waals surface area contributed by atoms with Crippen molar-refractivity contribution >= 4 is 0 Å². The van der Waals surface area contributed by atoms with Crippen LogP contribution in [-0.2, 0) is 0 Å². The van der Waals surface area contributed by atoms with Gasteiger partial charge >= 0.3 is 0 Å². The molecule has 0 amide bonds. The van der Waals surface area contributed by atoms with Crippen LogP contribution in [0.2, 0.25) is 0 Å². The number of hydrogen-bond donors (Lipinski definition) is 0. The van der Waals surface area contributed by atoms with Crippen LogP contribution in [0.3, 0.4) is 0 Å². The van der Waals surface area contributed by atoms with Crippen LogP contribution in [0.25, 0.3) is 0 Å². The minimum atomic E-state index is 0.299. The molecule has 17 heavy (non-hydrogen) atoms. The Hall–Kier alpha value is -0.770. The summed E-state index contributed by atoms with van der Waals surface area (Å²) >= 11 is 0. The van der Waals surface area contributed by atoms with Gasteiger partial charge in [-0.15, -0.1) is 0 Å². The Morgan fingerprint density at radius 3 is 1.94 bits per heavy atom. The van der Waals surface area contributed by atoms with Gasteiger partial charge < -0.3 is 0 Å². The van der Waals surface area contributed by atoms with Crippen LogP contribution in [0.5, 0.6) is 0 Å². The number of hydrogen-bond acceptors (Lipinski definition) is 1. The van der Waals surface area contributed by atoms with Gasteiger partial charge in [-0.25, -0.2) is 0 Å². The first-order chi connectivity index (χ1) is 8.11. The molecule has 4 bridgehead atoms. The molecule has 1 heteroatoms. The Kier molecular flexibility index (Phi) is 2.58. The largest absolute Gasteiger partial charge is 0.193 e. The minimum absolute atomic E-state index is 0.299. The molecule has 4 aliphatic rings. The van der Waals surface area contributed by atoms with Crippen LogP contribution in [0.1, 0.15) is 52.4 Å². The van der Waals surface area contributed by atoms with E-state index in [9.17, 15) is 5.26 Å². The third-order valence-corrected chi connectivity index (χ3v) is 5.23. The summed E-state index contributed by atoms with van der Waals surface area (Å²) in [5, 5.41) is 9.52. The molecule has 0 aromatic carbocycles.